The summed E-state index contributed by atoms with van der Waals surface area (Å²) in [6, 6.07) is 1.27. The van der Waals surface area contributed by atoms with Crippen LogP contribution < -0.4 is 15.8 Å². The molecular weight excluding hydrogens is 501 g/mol. The maximum atomic E-state index is 15.4. The van der Waals surface area contributed by atoms with Crippen molar-refractivity contribution in [3.63, 3.8) is 0 Å². The van der Waals surface area contributed by atoms with Gasteiger partial charge in [0.15, 0.2) is 5.82 Å². The van der Waals surface area contributed by atoms with Gasteiger partial charge in [-0.2, -0.15) is 0 Å². The van der Waals surface area contributed by atoms with Gasteiger partial charge in [-0.05, 0) is 58.9 Å². The number of aryl methyl sites for hydroxylation is 1. The molecule has 0 aliphatic carbocycles. The molecule has 4 rings (SSSR count). The first-order valence-corrected chi connectivity index (χ1v) is 12.8. The molecule has 11 heteroatoms. The number of anilines is 1. The van der Waals surface area contributed by atoms with Crippen molar-refractivity contribution in [2.24, 2.45) is 5.92 Å². The van der Waals surface area contributed by atoms with Crippen LogP contribution in [-0.4, -0.2) is 51.2 Å². The molecule has 0 radical (unpaired) electrons. The second kappa shape index (κ2) is 10.8. The molecule has 1 fully saturated rings. The molecule has 4 N–H and O–H groups in total. The molecule has 200 valence electrons. The predicted molar refractivity (Wildman–Crippen MR) is 138 cm³/mol. The molecule has 0 bridgehead atoms. The van der Waals surface area contributed by atoms with Crippen LogP contribution in [0.2, 0.25) is 5.02 Å². The van der Waals surface area contributed by atoms with E-state index in [1.54, 1.807) is 31.4 Å². The highest BCUT2D eigenvalue weighted by atomic mass is 35.5. The number of halogens is 2. The lowest BCUT2D eigenvalue weighted by Gasteiger charge is -2.28. The number of benzene rings is 1. The van der Waals surface area contributed by atoms with E-state index in [-0.39, 0.29) is 33.5 Å². The van der Waals surface area contributed by atoms with E-state index in [2.05, 4.69) is 15.3 Å². The molecule has 0 unspecified atom stereocenters. The van der Waals surface area contributed by atoms with E-state index in [0.29, 0.717) is 36.9 Å². The third-order valence-electron chi connectivity index (χ3n) is 6.65. The molecule has 1 saturated heterocycles. The molecule has 37 heavy (non-hydrogen) atoms. The van der Waals surface area contributed by atoms with E-state index in [9.17, 15) is 9.90 Å². The lowest BCUT2D eigenvalue weighted by molar-refractivity contribution is 0.0635. The van der Waals surface area contributed by atoms with Crippen LogP contribution in [0.1, 0.15) is 67.5 Å². The number of carbonyl (C=O) groups is 1. The van der Waals surface area contributed by atoms with Gasteiger partial charge in [0.05, 0.1) is 16.8 Å². The number of nitrogens with two attached hydrogens (primary N) is 1. The number of amides is 1. The minimum atomic E-state index is -1.84. The lowest BCUT2D eigenvalue weighted by Crippen LogP contribution is -2.32. The van der Waals surface area contributed by atoms with Crippen molar-refractivity contribution in [1.29, 1.82) is 0 Å². The number of ether oxygens (including phenoxy) is 2. The number of nitrogen functional groups attached to an aromatic ring is 1. The van der Waals surface area contributed by atoms with Gasteiger partial charge in [0.25, 0.3) is 5.91 Å². The number of aliphatic hydroxyl groups is 1. The van der Waals surface area contributed by atoms with Gasteiger partial charge in [0, 0.05) is 37.7 Å². The average Bonchev–Trinajstić information content (AvgIpc) is 3.20. The van der Waals surface area contributed by atoms with E-state index in [1.165, 1.54) is 19.2 Å². The Balaban J connectivity index is 1.77. The maximum absolute atomic E-state index is 15.4. The number of imidazole rings is 1. The minimum Gasteiger partial charge on any atom is -0.490 e. The first-order chi connectivity index (χ1) is 17.5. The molecule has 3 aromatic rings. The zero-order valence-corrected chi connectivity index (χ0v) is 22.2. The zero-order valence-electron chi connectivity index (χ0n) is 21.5. The zero-order chi connectivity index (χ0) is 26.9. The average molecular weight is 534 g/mol. The van der Waals surface area contributed by atoms with Crippen LogP contribution in [-0.2, 0) is 10.3 Å². The van der Waals surface area contributed by atoms with Crippen molar-refractivity contribution in [3.8, 4) is 5.75 Å². The van der Waals surface area contributed by atoms with E-state index in [1.807, 2.05) is 0 Å². The van der Waals surface area contributed by atoms with Gasteiger partial charge >= 0.3 is 0 Å². The minimum absolute atomic E-state index is 0.0955. The number of fused-ring (bicyclic) bond motifs is 1. The highest BCUT2D eigenvalue weighted by molar-refractivity contribution is 6.31. The summed E-state index contributed by atoms with van der Waals surface area (Å²) in [5.41, 5.74) is 5.02. The molecule has 1 aliphatic rings. The highest BCUT2D eigenvalue weighted by Crippen LogP contribution is 2.42. The van der Waals surface area contributed by atoms with Gasteiger partial charge in [-0.1, -0.05) is 11.6 Å². The van der Waals surface area contributed by atoms with Crippen LogP contribution in [0.4, 0.5) is 10.2 Å². The summed E-state index contributed by atoms with van der Waals surface area (Å²) in [7, 11) is 0. The van der Waals surface area contributed by atoms with Gasteiger partial charge in [-0.3, -0.25) is 9.20 Å². The normalized spacial score (nSPS) is 16.2. The van der Waals surface area contributed by atoms with Crippen molar-refractivity contribution in [2.45, 2.75) is 58.7 Å². The number of aromatic nitrogens is 3. The van der Waals surface area contributed by atoms with Gasteiger partial charge in [-0.25, -0.2) is 14.4 Å². The van der Waals surface area contributed by atoms with Crippen molar-refractivity contribution in [2.75, 3.05) is 25.5 Å². The number of carbonyl (C=O) groups excluding carboxylic acids is 1. The quantitative estimate of drug-likeness (QED) is 0.399. The van der Waals surface area contributed by atoms with Gasteiger partial charge in [0.1, 0.15) is 34.1 Å². The molecule has 1 atom stereocenters. The standard InChI is InChI=1S/C26H33ClFN5O4/c1-14(2)37-22-17(26(4,35)25-32-15(3)21-23(29)30-9-10-33(21)25)13-18(27)20(28)19(22)24(34)31-8-5-16-6-11-36-12-7-16/h9-10,13-14,16,35H,5-8,11-12H2,1-4H3,(H2,29,30)(H,31,34)/t26-/m0/s1. The molecule has 0 saturated carbocycles. The Bertz CT molecular complexity index is 1300. The Labute approximate surface area is 220 Å². The van der Waals surface area contributed by atoms with Gasteiger partial charge in [0.2, 0.25) is 0 Å². The fourth-order valence-corrected chi connectivity index (χ4v) is 4.95. The third kappa shape index (κ3) is 5.37. The smallest absolute Gasteiger partial charge is 0.258 e. The number of rotatable bonds is 8. The fraction of sp³-hybridized carbons (Fsp3) is 0.500. The van der Waals surface area contributed by atoms with Gasteiger partial charge in [-0.15, -0.1) is 0 Å². The molecular formula is C26H33ClFN5O4. The van der Waals surface area contributed by atoms with E-state index < -0.39 is 23.4 Å². The Kier molecular flexibility index (Phi) is 7.91. The van der Waals surface area contributed by atoms with Crippen molar-refractivity contribution >= 4 is 28.8 Å². The molecule has 1 aliphatic heterocycles. The van der Waals surface area contributed by atoms with E-state index >= 15 is 4.39 Å². The summed E-state index contributed by atoms with van der Waals surface area (Å²) in [4.78, 5) is 21.9. The van der Waals surface area contributed by atoms with Crippen LogP contribution in [0.3, 0.4) is 0 Å². The number of hydrogen-bond donors (Lipinski definition) is 3. The largest absolute Gasteiger partial charge is 0.490 e. The summed E-state index contributed by atoms with van der Waals surface area (Å²) < 4.78 is 28.4. The Hall–Kier alpha value is -2.95. The SMILES string of the molecule is Cc1nc([C@@](C)(O)c2cc(Cl)c(F)c(C(=O)NCCC3CCOCC3)c2OC(C)C)n2ccnc(N)c12. The monoisotopic (exact) mass is 533 g/mol. The van der Waals surface area contributed by atoms with Crippen LogP contribution in [0.5, 0.6) is 5.75 Å². The topological polar surface area (TPSA) is 124 Å². The summed E-state index contributed by atoms with van der Waals surface area (Å²) in [6.45, 7) is 8.50. The second-order valence-corrected chi connectivity index (χ2v) is 10.2. The Morgan fingerprint density at radius 2 is 2.14 bits per heavy atom. The highest BCUT2D eigenvalue weighted by Gasteiger charge is 2.38. The number of nitrogens with one attached hydrogen (secondary N) is 1. The maximum Gasteiger partial charge on any atom is 0.258 e. The number of hydrogen-bond acceptors (Lipinski definition) is 7. The van der Waals surface area contributed by atoms with Crippen LogP contribution in [0, 0.1) is 18.7 Å². The Morgan fingerprint density at radius 3 is 2.81 bits per heavy atom. The van der Waals surface area contributed by atoms with Crippen molar-refractivity contribution in [1.82, 2.24) is 19.7 Å². The van der Waals surface area contributed by atoms with E-state index in [4.69, 9.17) is 26.8 Å². The van der Waals surface area contributed by atoms with Crippen molar-refractivity contribution < 1.29 is 23.8 Å². The fourth-order valence-electron chi connectivity index (χ4n) is 4.75. The summed E-state index contributed by atoms with van der Waals surface area (Å²) in [5.74, 6) is -0.816. The van der Waals surface area contributed by atoms with Crippen molar-refractivity contribution in [3.05, 3.63) is 51.9 Å². The van der Waals surface area contributed by atoms with Crippen LogP contribution in [0.25, 0.3) is 5.52 Å². The molecule has 2 aromatic heterocycles. The van der Waals surface area contributed by atoms with E-state index in [0.717, 1.165) is 19.3 Å². The first kappa shape index (κ1) is 27.1. The Morgan fingerprint density at radius 1 is 1.43 bits per heavy atom. The third-order valence-corrected chi connectivity index (χ3v) is 6.92. The molecule has 0 spiro atoms. The summed E-state index contributed by atoms with van der Waals surface area (Å²) in [6.07, 6.45) is 5.28. The lowest BCUT2D eigenvalue weighted by atomic mass is 9.91. The van der Waals surface area contributed by atoms with Crippen LogP contribution >= 0.6 is 11.6 Å². The summed E-state index contributed by atoms with van der Waals surface area (Å²) in [5, 5.41) is 14.4. The number of nitrogens with zero attached hydrogens (tertiary/aromatic N) is 3. The molecule has 9 nitrogen and oxygen atoms in total. The van der Waals surface area contributed by atoms with Gasteiger partial charge < -0.3 is 25.6 Å². The summed E-state index contributed by atoms with van der Waals surface area (Å²) >= 11 is 6.28. The van der Waals surface area contributed by atoms with Crippen LogP contribution in [0.15, 0.2) is 18.5 Å². The first-order valence-electron chi connectivity index (χ1n) is 12.4. The molecule has 1 aromatic carbocycles. The predicted octanol–water partition coefficient (Wildman–Crippen LogP) is 4.00. The molecule has 3 heterocycles. The molecule has 1 amide bonds. The second-order valence-electron chi connectivity index (χ2n) is 9.82.